The van der Waals surface area contributed by atoms with Crippen LogP contribution in [0, 0.1) is 0 Å². The van der Waals surface area contributed by atoms with Crippen molar-refractivity contribution in [2.45, 2.75) is 0 Å². The molecule has 0 aliphatic carbocycles. The van der Waals surface area contributed by atoms with Crippen LogP contribution in [-0.4, -0.2) is 23.4 Å². The van der Waals surface area contributed by atoms with E-state index in [2.05, 4.69) is 39.4 Å². The number of nitrogens with two attached hydrogens (primary N) is 4. The number of quaternary nitrogens is 2. The second-order valence-corrected chi connectivity index (χ2v) is 1.71. The number of rotatable bonds is 5. The highest BCUT2D eigenvalue weighted by Crippen LogP contribution is 2.03. The van der Waals surface area contributed by atoms with Crippen LogP contribution in [0.15, 0.2) is 10.2 Å². The van der Waals surface area contributed by atoms with Crippen LogP contribution in [0.1, 0.15) is 0 Å². The number of nitrogens with zero attached hydrogens (tertiary/aromatic N) is 4. The molecule has 0 bridgehead atoms. The van der Waals surface area contributed by atoms with E-state index in [-0.39, 0.29) is 0 Å². The lowest BCUT2D eigenvalue weighted by atomic mass is 11.7. The SMILES string of the molecule is C=N[N+](N)(N)O[N+](N)(N=C)ON. The molecule has 0 aliphatic rings. The van der Waals surface area contributed by atoms with E-state index in [1.165, 1.54) is 0 Å². The Balaban J connectivity index is 4.39. The van der Waals surface area contributed by atoms with Gasteiger partial charge in [0.2, 0.25) is 5.03 Å². The van der Waals surface area contributed by atoms with Crippen LogP contribution < -0.4 is 23.4 Å². The molecule has 0 aliphatic heterocycles. The van der Waals surface area contributed by atoms with Gasteiger partial charge in [0.1, 0.15) is 4.97 Å². The Morgan fingerprint density at radius 2 is 1.58 bits per heavy atom. The first kappa shape index (κ1) is 11.0. The molecule has 0 radical (unpaired) electrons. The van der Waals surface area contributed by atoms with E-state index >= 15 is 0 Å². The zero-order chi connectivity index (χ0) is 9.83. The van der Waals surface area contributed by atoms with Gasteiger partial charge in [-0.15, -0.1) is 0 Å². The second-order valence-electron chi connectivity index (χ2n) is 1.71. The molecule has 0 aromatic heterocycles. The zero-order valence-corrected chi connectivity index (χ0v) is 6.33. The summed E-state index contributed by atoms with van der Waals surface area (Å²) in [5, 5.41) is 4.80. The Bertz CT molecular complexity index is 180. The minimum Gasteiger partial charge on any atom is -0.151 e. The number of hydrogen-bond donors (Lipinski definition) is 4. The molecule has 0 saturated carbocycles. The summed E-state index contributed by atoms with van der Waals surface area (Å²) in [5.74, 6) is 20.0. The van der Waals surface area contributed by atoms with Gasteiger partial charge in [0.15, 0.2) is 4.94 Å². The molecule has 10 heteroatoms. The van der Waals surface area contributed by atoms with E-state index in [0.29, 0.717) is 0 Å². The van der Waals surface area contributed by atoms with Gasteiger partial charge in [-0.3, -0.25) is 0 Å². The van der Waals surface area contributed by atoms with Crippen molar-refractivity contribution >= 4 is 13.4 Å². The van der Waals surface area contributed by atoms with Crippen molar-refractivity contribution in [3.63, 3.8) is 0 Å². The summed E-state index contributed by atoms with van der Waals surface area (Å²) < 4.78 is 0. The Hall–Kier alpha value is -0.980. The minimum absolute atomic E-state index is 1.33. The zero-order valence-electron chi connectivity index (χ0n) is 6.33. The number of hydrogen-bond acceptors (Lipinski definition) is 8. The normalized spacial score (nSPS) is 16.7. The first-order valence-electron chi connectivity index (χ1n) is 2.59. The molecule has 1 unspecified atom stereocenters. The van der Waals surface area contributed by atoms with Crippen molar-refractivity contribution in [3.05, 3.63) is 0 Å². The fourth-order valence-electron chi connectivity index (χ4n) is 0.292. The molecule has 1 atom stereocenters. The molecule has 0 heterocycles. The average molecular weight is 180 g/mol. The standard InChI is InChI=1S/C2H12N8O2/c1-7-9(3,4)12-10(5,8-2)11-6/h1-6H2/q+2. The van der Waals surface area contributed by atoms with Crippen molar-refractivity contribution < 1.29 is 19.9 Å². The maximum atomic E-state index is 5.13. The molecule has 0 aromatic rings. The molecule has 70 valence electrons. The molecule has 0 aromatic carbocycles. The average Bonchev–Trinajstić information content (AvgIpc) is 2.04. The van der Waals surface area contributed by atoms with Gasteiger partial charge in [0.25, 0.3) is 0 Å². The van der Waals surface area contributed by atoms with Crippen molar-refractivity contribution in [1.29, 1.82) is 0 Å². The van der Waals surface area contributed by atoms with E-state index in [4.69, 9.17) is 17.5 Å². The van der Waals surface area contributed by atoms with Crippen LogP contribution in [0.4, 0.5) is 0 Å². The Labute approximate surface area is 68.1 Å². The van der Waals surface area contributed by atoms with Crippen LogP contribution in [0.25, 0.3) is 0 Å². The van der Waals surface area contributed by atoms with Crippen molar-refractivity contribution in [3.8, 4) is 0 Å². The molecule has 0 fully saturated rings. The highest BCUT2D eigenvalue weighted by molar-refractivity contribution is 5.21. The Kier molecular flexibility index (Phi) is 3.32. The molecule has 12 heavy (non-hydrogen) atoms. The summed E-state index contributed by atoms with van der Waals surface area (Å²) >= 11 is 0. The van der Waals surface area contributed by atoms with Gasteiger partial charge >= 0.3 is 0 Å². The summed E-state index contributed by atoms with van der Waals surface area (Å²) in [7, 11) is 0. The fraction of sp³-hybridized carbons (Fsp3) is 0. The molecule has 0 rings (SSSR count). The van der Waals surface area contributed by atoms with E-state index in [9.17, 15) is 0 Å². The summed E-state index contributed by atoms with van der Waals surface area (Å²) in [6.45, 7) is 6.01. The largest absolute Gasteiger partial charge is 0.232 e. The predicted octanol–water partition coefficient (Wildman–Crippen LogP) is -2.88. The molecule has 0 spiro atoms. The van der Waals surface area contributed by atoms with Crippen molar-refractivity contribution in [2.75, 3.05) is 0 Å². The van der Waals surface area contributed by atoms with Gasteiger partial charge in [-0.2, -0.15) is 5.90 Å². The van der Waals surface area contributed by atoms with Crippen LogP contribution in [0.3, 0.4) is 0 Å². The molecule has 10 nitrogen and oxygen atoms in total. The Morgan fingerprint density at radius 3 is 1.83 bits per heavy atom. The summed E-state index contributed by atoms with van der Waals surface area (Å²) in [4.78, 5) is 7.17. The van der Waals surface area contributed by atoms with Gasteiger partial charge in [-0.05, 0) is 10.0 Å². The smallest absolute Gasteiger partial charge is 0.151 e. The Morgan fingerprint density at radius 1 is 1.08 bits per heavy atom. The monoisotopic (exact) mass is 180 g/mol. The van der Waals surface area contributed by atoms with Crippen LogP contribution in [0.2, 0.25) is 0 Å². The van der Waals surface area contributed by atoms with Gasteiger partial charge in [0, 0.05) is 5.10 Å². The quantitative estimate of drug-likeness (QED) is 0.155. The predicted molar refractivity (Wildman–Crippen MR) is 38.5 cm³/mol. The maximum absolute atomic E-state index is 5.13. The summed E-state index contributed by atoms with van der Waals surface area (Å²) in [6, 6.07) is 0. The lowest BCUT2D eigenvalue weighted by Gasteiger charge is -2.19. The van der Waals surface area contributed by atoms with Crippen LogP contribution in [0.5, 0.6) is 0 Å². The van der Waals surface area contributed by atoms with Crippen molar-refractivity contribution in [1.82, 2.24) is 0 Å². The molecule has 8 N–H and O–H groups in total. The van der Waals surface area contributed by atoms with Crippen LogP contribution in [-0.2, 0) is 9.88 Å². The first-order chi connectivity index (χ1) is 5.39. The highest BCUT2D eigenvalue weighted by atomic mass is 17.2. The molecular weight excluding hydrogens is 168 g/mol. The summed E-state index contributed by atoms with van der Waals surface area (Å²) in [5.41, 5.74) is 0. The third-order valence-electron chi connectivity index (χ3n) is 0.817. The maximum Gasteiger partial charge on any atom is 0.232 e. The molecule has 0 saturated heterocycles. The van der Waals surface area contributed by atoms with Crippen LogP contribution >= 0.6 is 0 Å². The fourth-order valence-corrected chi connectivity index (χ4v) is 0.292. The van der Waals surface area contributed by atoms with Gasteiger partial charge in [-0.1, -0.05) is 17.5 Å². The lowest BCUT2D eigenvalue weighted by molar-refractivity contribution is -1.43. The first-order valence-corrected chi connectivity index (χ1v) is 2.59. The third-order valence-corrected chi connectivity index (χ3v) is 0.817. The topological polar surface area (TPSA) is 147 Å². The molecule has 0 amide bonds. The summed E-state index contributed by atoms with van der Waals surface area (Å²) in [6.07, 6.45) is 0. The van der Waals surface area contributed by atoms with E-state index in [0.717, 1.165) is 0 Å². The highest BCUT2D eigenvalue weighted by Gasteiger charge is 2.40. The molecular formula is C2H12N8O2+2. The van der Waals surface area contributed by atoms with Crippen molar-refractivity contribution in [2.24, 2.45) is 33.6 Å². The van der Waals surface area contributed by atoms with E-state index in [1.807, 2.05) is 0 Å². The third kappa shape index (κ3) is 2.95. The van der Waals surface area contributed by atoms with E-state index in [1.54, 1.807) is 0 Å². The minimum atomic E-state index is -1.41. The van der Waals surface area contributed by atoms with Gasteiger partial charge in [0.05, 0.1) is 13.4 Å². The lowest BCUT2D eigenvalue weighted by Crippen LogP contribution is -2.66. The van der Waals surface area contributed by atoms with Gasteiger partial charge < -0.3 is 0 Å². The van der Waals surface area contributed by atoms with Gasteiger partial charge in [-0.25, -0.2) is 0 Å². The second kappa shape index (κ2) is 3.61. The van der Waals surface area contributed by atoms with E-state index < -0.39 is 10.0 Å².